The molecule has 0 saturated carbocycles. The van der Waals surface area contributed by atoms with Gasteiger partial charge in [0.15, 0.2) is 0 Å². The second-order valence-corrected chi connectivity index (χ2v) is 3.95. The van der Waals surface area contributed by atoms with Crippen LogP contribution < -0.4 is 5.56 Å². The van der Waals surface area contributed by atoms with Gasteiger partial charge in [-0.3, -0.25) is 4.79 Å². The first kappa shape index (κ1) is 10.0. The van der Waals surface area contributed by atoms with Crippen molar-refractivity contribution in [1.29, 1.82) is 0 Å². The van der Waals surface area contributed by atoms with Crippen molar-refractivity contribution in [2.24, 2.45) is 0 Å². The molecule has 0 aliphatic carbocycles. The van der Waals surface area contributed by atoms with Gasteiger partial charge in [0.2, 0.25) is 0 Å². The van der Waals surface area contributed by atoms with Gasteiger partial charge in [0, 0.05) is 23.8 Å². The van der Waals surface area contributed by atoms with E-state index in [-0.39, 0.29) is 5.56 Å². The summed E-state index contributed by atoms with van der Waals surface area (Å²) in [5.74, 6) is 0. The first-order valence-electron chi connectivity index (χ1n) is 5.41. The van der Waals surface area contributed by atoms with Crippen molar-refractivity contribution in [1.82, 2.24) is 9.55 Å². The van der Waals surface area contributed by atoms with Gasteiger partial charge >= 0.3 is 0 Å². The highest BCUT2D eigenvalue weighted by Crippen LogP contribution is 2.12. The van der Waals surface area contributed by atoms with Gasteiger partial charge in [-0.05, 0) is 25.5 Å². The molecule has 0 aliphatic rings. The number of aromatic nitrogens is 2. The monoisotopic (exact) mass is 204 g/mol. The smallest absolute Gasteiger partial charge is 0.272 e. The number of hydrogen-bond donors (Lipinski definition) is 1. The number of unbranched alkanes of at least 4 members (excludes halogenated alkanes) is 1. The van der Waals surface area contributed by atoms with Gasteiger partial charge in [0.05, 0.1) is 0 Å². The van der Waals surface area contributed by atoms with Crippen LogP contribution in [-0.2, 0) is 6.54 Å². The standard InChI is InChI=1S/C12H16N2O/c1-3-4-6-14-7-5-10-8-9(2)13-12(15)11(10)14/h5,7-8H,3-4,6H2,1-2H3,(H,13,15). The van der Waals surface area contributed by atoms with Gasteiger partial charge in [0.1, 0.15) is 5.52 Å². The number of pyridine rings is 1. The summed E-state index contributed by atoms with van der Waals surface area (Å²) in [5, 5.41) is 1.03. The summed E-state index contributed by atoms with van der Waals surface area (Å²) in [4.78, 5) is 14.6. The summed E-state index contributed by atoms with van der Waals surface area (Å²) in [5.41, 5.74) is 1.74. The molecule has 1 N–H and O–H groups in total. The van der Waals surface area contributed by atoms with Gasteiger partial charge < -0.3 is 9.55 Å². The number of nitrogens with zero attached hydrogens (tertiary/aromatic N) is 1. The van der Waals surface area contributed by atoms with E-state index in [0.717, 1.165) is 36.0 Å². The third-order valence-electron chi connectivity index (χ3n) is 2.65. The summed E-state index contributed by atoms with van der Waals surface area (Å²) < 4.78 is 2.04. The van der Waals surface area contributed by atoms with E-state index in [1.807, 2.05) is 29.8 Å². The van der Waals surface area contributed by atoms with Crippen molar-refractivity contribution >= 4 is 10.9 Å². The number of rotatable bonds is 3. The molecule has 0 fully saturated rings. The molecule has 0 aliphatic heterocycles. The fourth-order valence-electron chi connectivity index (χ4n) is 1.89. The molecule has 0 radical (unpaired) electrons. The van der Waals surface area contributed by atoms with Crippen LogP contribution in [0.25, 0.3) is 10.9 Å². The van der Waals surface area contributed by atoms with E-state index >= 15 is 0 Å². The normalized spacial score (nSPS) is 11.1. The van der Waals surface area contributed by atoms with Gasteiger partial charge in [-0.2, -0.15) is 0 Å². The van der Waals surface area contributed by atoms with Crippen molar-refractivity contribution in [3.05, 3.63) is 34.4 Å². The van der Waals surface area contributed by atoms with Crippen molar-refractivity contribution in [2.45, 2.75) is 33.2 Å². The van der Waals surface area contributed by atoms with Crippen LogP contribution in [0.5, 0.6) is 0 Å². The zero-order valence-corrected chi connectivity index (χ0v) is 9.21. The van der Waals surface area contributed by atoms with Crippen LogP contribution in [-0.4, -0.2) is 9.55 Å². The quantitative estimate of drug-likeness (QED) is 0.819. The Balaban J connectivity index is 2.54. The average Bonchev–Trinajstić information content (AvgIpc) is 2.58. The highest BCUT2D eigenvalue weighted by Gasteiger charge is 2.05. The van der Waals surface area contributed by atoms with Gasteiger partial charge in [-0.1, -0.05) is 13.3 Å². The highest BCUT2D eigenvalue weighted by atomic mass is 16.1. The predicted molar refractivity (Wildman–Crippen MR) is 62.2 cm³/mol. The summed E-state index contributed by atoms with van der Waals surface area (Å²) in [6.45, 7) is 4.98. The van der Waals surface area contributed by atoms with Crippen molar-refractivity contribution < 1.29 is 0 Å². The lowest BCUT2D eigenvalue weighted by molar-refractivity contribution is 0.648. The SMILES string of the molecule is CCCCn1ccc2cc(C)[nH]c(=O)c21. The number of hydrogen-bond acceptors (Lipinski definition) is 1. The summed E-state index contributed by atoms with van der Waals surface area (Å²) in [7, 11) is 0. The molecule has 0 unspecified atom stereocenters. The van der Waals surface area contributed by atoms with Crippen LogP contribution >= 0.6 is 0 Å². The molecule has 3 heteroatoms. The number of fused-ring (bicyclic) bond motifs is 1. The minimum absolute atomic E-state index is 0.0195. The third-order valence-corrected chi connectivity index (χ3v) is 2.65. The summed E-state index contributed by atoms with van der Waals surface area (Å²) in [6.07, 6.45) is 4.25. The Kier molecular flexibility index (Phi) is 2.62. The highest BCUT2D eigenvalue weighted by molar-refractivity contribution is 5.79. The van der Waals surface area contributed by atoms with Crippen LogP contribution in [0.4, 0.5) is 0 Å². The van der Waals surface area contributed by atoms with Crippen LogP contribution in [0.2, 0.25) is 0 Å². The third kappa shape index (κ3) is 1.82. The average molecular weight is 204 g/mol. The molecule has 2 heterocycles. The predicted octanol–water partition coefficient (Wildman–Crippen LogP) is 2.44. The van der Waals surface area contributed by atoms with Crippen LogP contribution in [0.1, 0.15) is 25.5 Å². The van der Waals surface area contributed by atoms with Gasteiger partial charge in [-0.15, -0.1) is 0 Å². The van der Waals surface area contributed by atoms with E-state index in [0.29, 0.717) is 0 Å². The number of nitrogens with one attached hydrogen (secondary N) is 1. The summed E-state index contributed by atoms with van der Waals surface area (Å²) in [6, 6.07) is 4.02. The lowest BCUT2D eigenvalue weighted by Gasteiger charge is -2.03. The van der Waals surface area contributed by atoms with Gasteiger partial charge in [0.25, 0.3) is 5.56 Å². The molecular weight excluding hydrogens is 188 g/mol. The minimum Gasteiger partial charge on any atom is -0.343 e. The van der Waals surface area contributed by atoms with Crippen molar-refractivity contribution in [3.8, 4) is 0 Å². The zero-order valence-electron chi connectivity index (χ0n) is 9.21. The minimum atomic E-state index is 0.0195. The molecule has 0 spiro atoms. The molecule has 3 nitrogen and oxygen atoms in total. The molecule has 80 valence electrons. The maximum atomic E-state index is 11.8. The molecular formula is C12H16N2O. The first-order valence-corrected chi connectivity index (χ1v) is 5.41. The number of aryl methyl sites for hydroxylation is 2. The Labute approximate surface area is 88.7 Å². The Hall–Kier alpha value is -1.51. The van der Waals surface area contributed by atoms with Gasteiger partial charge in [-0.25, -0.2) is 0 Å². The molecule has 0 amide bonds. The summed E-state index contributed by atoms with van der Waals surface area (Å²) >= 11 is 0. The lowest BCUT2D eigenvalue weighted by Crippen LogP contribution is -2.11. The fourth-order valence-corrected chi connectivity index (χ4v) is 1.89. The van der Waals surface area contributed by atoms with Crippen LogP contribution in [0.3, 0.4) is 0 Å². The van der Waals surface area contributed by atoms with Crippen molar-refractivity contribution in [3.63, 3.8) is 0 Å². The largest absolute Gasteiger partial charge is 0.343 e. The second kappa shape index (κ2) is 3.93. The Morgan fingerprint density at radius 1 is 1.47 bits per heavy atom. The Bertz CT molecular complexity index is 522. The maximum Gasteiger partial charge on any atom is 0.272 e. The number of H-pyrrole nitrogens is 1. The van der Waals surface area contributed by atoms with E-state index in [4.69, 9.17) is 0 Å². The second-order valence-electron chi connectivity index (χ2n) is 3.95. The molecule has 15 heavy (non-hydrogen) atoms. The van der Waals surface area contributed by atoms with E-state index in [1.54, 1.807) is 0 Å². The molecule has 2 aromatic rings. The van der Waals surface area contributed by atoms with E-state index in [9.17, 15) is 4.79 Å². The number of aromatic amines is 1. The fraction of sp³-hybridized carbons (Fsp3) is 0.417. The van der Waals surface area contributed by atoms with E-state index in [1.165, 1.54) is 0 Å². The van der Waals surface area contributed by atoms with Crippen LogP contribution in [0, 0.1) is 6.92 Å². The van der Waals surface area contributed by atoms with E-state index in [2.05, 4.69) is 11.9 Å². The molecule has 2 aromatic heterocycles. The zero-order chi connectivity index (χ0) is 10.8. The molecule has 0 atom stereocenters. The molecule has 0 saturated heterocycles. The van der Waals surface area contributed by atoms with Crippen molar-refractivity contribution in [2.75, 3.05) is 0 Å². The molecule has 2 rings (SSSR count). The maximum absolute atomic E-state index is 11.8. The molecule has 0 aromatic carbocycles. The van der Waals surface area contributed by atoms with E-state index < -0.39 is 0 Å². The topological polar surface area (TPSA) is 37.8 Å². The lowest BCUT2D eigenvalue weighted by atomic mass is 10.2. The Morgan fingerprint density at radius 3 is 3.00 bits per heavy atom. The molecule has 0 bridgehead atoms. The van der Waals surface area contributed by atoms with Crippen LogP contribution in [0.15, 0.2) is 23.1 Å². The first-order chi connectivity index (χ1) is 7.22. The Morgan fingerprint density at radius 2 is 2.27 bits per heavy atom.